The fraction of sp³-hybridized carbons (Fsp3) is 0.500. The molecule has 0 saturated heterocycles. The van der Waals surface area contributed by atoms with Crippen molar-refractivity contribution in [2.75, 3.05) is 0 Å². The van der Waals surface area contributed by atoms with Gasteiger partial charge in [0.25, 0.3) is 0 Å². The number of aromatic nitrogens is 1. The first-order valence-corrected chi connectivity index (χ1v) is 3.73. The molecule has 0 unspecified atom stereocenters. The average Bonchev–Trinajstić information content (AvgIpc) is 2.14. The fourth-order valence-corrected chi connectivity index (χ4v) is 1.49. The van der Waals surface area contributed by atoms with Crippen LogP contribution in [-0.2, 0) is 6.42 Å². The summed E-state index contributed by atoms with van der Waals surface area (Å²) in [5.41, 5.74) is 1.42. The summed E-state index contributed by atoms with van der Waals surface area (Å²) in [5, 5.41) is 1.42. The van der Waals surface area contributed by atoms with E-state index in [1.807, 2.05) is 0 Å². The van der Waals surface area contributed by atoms with E-state index in [9.17, 15) is 0 Å². The van der Waals surface area contributed by atoms with E-state index >= 15 is 0 Å². The molecule has 1 aromatic rings. The van der Waals surface area contributed by atoms with Crippen molar-refractivity contribution >= 4 is 8.19 Å². The normalized spacial score (nSPS) is 10.8. The first-order chi connectivity index (χ1) is 3.83. The van der Waals surface area contributed by atoms with Crippen molar-refractivity contribution in [2.24, 2.45) is 0 Å². The van der Waals surface area contributed by atoms with Crippen molar-refractivity contribution < 1.29 is 0 Å². The van der Waals surface area contributed by atoms with Gasteiger partial charge >= 0.3 is 0 Å². The number of hydrogen-bond donors (Lipinski definition) is 1. The molecule has 1 N–H and O–H groups in total. The van der Waals surface area contributed by atoms with Crippen molar-refractivity contribution in [3.05, 3.63) is 16.9 Å². The van der Waals surface area contributed by atoms with Crippen LogP contribution in [0.1, 0.15) is 17.6 Å². The van der Waals surface area contributed by atoms with Crippen LogP contribution in [0.5, 0.6) is 0 Å². The third-order valence-corrected chi connectivity index (χ3v) is 2.29. The molecule has 44 valence electrons. The summed E-state index contributed by atoms with van der Waals surface area (Å²) in [6.45, 7) is 4.30. The highest BCUT2D eigenvalue weighted by atomic mass is 31.0. The number of rotatable bonds is 1. The van der Waals surface area contributed by atoms with Gasteiger partial charge in [0.2, 0.25) is 0 Å². The second-order valence-electron chi connectivity index (χ2n) is 1.84. The van der Waals surface area contributed by atoms with Crippen LogP contribution in [0.25, 0.3) is 0 Å². The maximum Gasteiger partial charge on any atom is 0.0424 e. The van der Waals surface area contributed by atoms with Gasteiger partial charge in [0.15, 0.2) is 0 Å². The third-order valence-electron chi connectivity index (χ3n) is 1.09. The Balaban J connectivity index is 2.84. The second kappa shape index (κ2) is 2.32. The van der Waals surface area contributed by atoms with Crippen molar-refractivity contribution in [1.29, 1.82) is 0 Å². The van der Waals surface area contributed by atoms with E-state index in [-0.39, 0.29) is 0 Å². The number of aryl methyl sites for hydroxylation is 2. The van der Waals surface area contributed by atoms with Gasteiger partial charge in [0.05, 0.1) is 0 Å². The summed E-state index contributed by atoms with van der Waals surface area (Å²) in [6, 6.07) is 0. The van der Waals surface area contributed by atoms with E-state index in [0.29, 0.717) is 0 Å². The molecule has 0 spiro atoms. The van der Waals surface area contributed by atoms with E-state index < -0.39 is 0 Å². The predicted molar refractivity (Wildman–Crippen MR) is 37.4 cm³/mol. The molecule has 1 nitrogen and oxygen atoms in total. The van der Waals surface area contributed by atoms with Gasteiger partial charge < -0.3 is 4.98 Å². The van der Waals surface area contributed by atoms with E-state index in [1.54, 1.807) is 0 Å². The highest BCUT2D eigenvalue weighted by Crippen LogP contribution is 2.17. The molecule has 1 rings (SSSR count). The van der Waals surface area contributed by atoms with Crippen LogP contribution in [0.4, 0.5) is 0 Å². The van der Waals surface area contributed by atoms with Crippen LogP contribution in [0.15, 0.2) is 6.20 Å². The predicted octanol–water partition coefficient (Wildman–Crippen LogP) is 2.47. The van der Waals surface area contributed by atoms with E-state index in [1.165, 1.54) is 18.9 Å². The van der Waals surface area contributed by atoms with Gasteiger partial charge in [-0.2, -0.15) is 0 Å². The Labute approximate surface area is 51.2 Å². The molecule has 2 heteroatoms. The van der Waals surface area contributed by atoms with Gasteiger partial charge in [-0.3, -0.25) is 0 Å². The Morgan fingerprint density at radius 2 is 2.50 bits per heavy atom. The SMILES string of the molecule is CCc1[nH]cc(C)p1. The Morgan fingerprint density at radius 3 is 2.75 bits per heavy atom. The van der Waals surface area contributed by atoms with Gasteiger partial charge in [-0.1, -0.05) is 6.92 Å². The molecule has 0 aromatic carbocycles. The van der Waals surface area contributed by atoms with Crippen LogP contribution >= 0.6 is 8.19 Å². The zero-order chi connectivity index (χ0) is 5.98. The van der Waals surface area contributed by atoms with Crippen LogP contribution in [0, 0.1) is 6.92 Å². The average molecular weight is 127 g/mol. The Bertz CT molecular complexity index is 169. The van der Waals surface area contributed by atoms with Gasteiger partial charge in [-0.15, -0.1) is 0 Å². The topological polar surface area (TPSA) is 15.8 Å². The lowest BCUT2D eigenvalue weighted by Crippen LogP contribution is -1.69. The molecule has 0 aliphatic carbocycles. The van der Waals surface area contributed by atoms with Crippen molar-refractivity contribution in [2.45, 2.75) is 20.3 Å². The summed E-state index contributed by atoms with van der Waals surface area (Å²) in [5.74, 6) is 0. The lowest BCUT2D eigenvalue weighted by molar-refractivity contribution is 1.09. The molecule has 0 aliphatic heterocycles. The second-order valence-corrected chi connectivity index (χ2v) is 3.31. The number of nitrogens with one attached hydrogen (secondary N) is 1. The first kappa shape index (κ1) is 5.84. The zero-order valence-electron chi connectivity index (χ0n) is 5.23. The maximum absolute atomic E-state index is 3.20. The molecule has 0 aliphatic rings. The lowest BCUT2D eigenvalue weighted by atomic mass is 10.5. The molecular formula is C6H10NP. The summed E-state index contributed by atoms with van der Waals surface area (Å²) < 4.78 is 0. The summed E-state index contributed by atoms with van der Waals surface area (Å²) in [4.78, 5) is 3.20. The number of H-pyrrole nitrogens is 1. The Hall–Kier alpha value is -0.290. The minimum absolute atomic E-state index is 1.15. The summed E-state index contributed by atoms with van der Waals surface area (Å²) >= 11 is 0. The molecule has 0 radical (unpaired) electrons. The highest BCUT2D eigenvalue weighted by Gasteiger charge is 1.89. The zero-order valence-corrected chi connectivity index (χ0v) is 6.13. The number of aromatic amines is 1. The molecule has 0 amide bonds. The van der Waals surface area contributed by atoms with Gasteiger partial charge in [-0.05, 0) is 26.8 Å². The largest absolute Gasteiger partial charge is 0.361 e. The standard InChI is InChI=1S/C6H10NP/c1-3-6-7-4-5(2)8-6/h4,7H,3H2,1-2H3. The number of hydrogen-bond acceptors (Lipinski definition) is 0. The van der Waals surface area contributed by atoms with Crippen molar-refractivity contribution in [1.82, 2.24) is 4.98 Å². The monoisotopic (exact) mass is 127 g/mol. The molecule has 0 fully saturated rings. The van der Waals surface area contributed by atoms with Gasteiger partial charge in [0, 0.05) is 11.6 Å². The van der Waals surface area contributed by atoms with Crippen LogP contribution in [0.3, 0.4) is 0 Å². The quantitative estimate of drug-likeness (QED) is 0.596. The van der Waals surface area contributed by atoms with Gasteiger partial charge in [0.1, 0.15) is 0 Å². The smallest absolute Gasteiger partial charge is 0.0424 e. The van der Waals surface area contributed by atoms with Crippen LogP contribution in [0.2, 0.25) is 0 Å². The van der Waals surface area contributed by atoms with Crippen LogP contribution in [-0.4, -0.2) is 4.98 Å². The molecular weight excluding hydrogens is 117 g/mol. The maximum atomic E-state index is 3.20. The molecule has 0 bridgehead atoms. The minimum Gasteiger partial charge on any atom is -0.361 e. The van der Waals surface area contributed by atoms with E-state index in [4.69, 9.17) is 0 Å². The minimum atomic E-state index is 1.15. The molecule has 0 saturated carbocycles. The van der Waals surface area contributed by atoms with E-state index in [2.05, 4.69) is 25.0 Å². The summed E-state index contributed by atoms with van der Waals surface area (Å²) in [7, 11) is 1.39. The Morgan fingerprint density at radius 1 is 1.75 bits per heavy atom. The third kappa shape index (κ3) is 1.10. The molecule has 0 atom stereocenters. The molecule has 1 aromatic heterocycles. The van der Waals surface area contributed by atoms with Gasteiger partial charge in [-0.25, -0.2) is 0 Å². The van der Waals surface area contributed by atoms with Crippen molar-refractivity contribution in [3.63, 3.8) is 0 Å². The lowest BCUT2D eigenvalue weighted by Gasteiger charge is -1.80. The first-order valence-electron chi connectivity index (χ1n) is 2.84. The molecule has 8 heavy (non-hydrogen) atoms. The summed E-state index contributed by atoms with van der Waals surface area (Å²) in [6.07, 6.45) is 3.22. The fourth-order valence-electron chi connectivity index (χ4n) is 0.646. The van der Waals surface area contributed by atoms with Crippen molar-refractivity contribution in [3.8, 4) is 0 Å². The molecule has 1 heterocycles. The highest BCUT2D eigenvalue weighted by molar-refractivity contribution is 7.31. The van der Waals surface area contributed by atoms with E-state index in [0.717, 1.165) is 6.42 Å². The van der Waals surface area contributed by atoms with Crippen LogP contribution < -0.4 is 0 Å². The Kier molecular flexibility index (Phi) is 1.69.